The second-order valence-corrected chi connectivity index (χ2v) is 6.17. The Labute approximate surface area is 117 Å². The number of hydrogen-bond acceptors (Lipinski definition) is 1. The van der Waals surface area contributed by atoms with Gasteiger partial charge < -0.3 is 5.32 Å². The zero-order chi connectivity index (χ0) is 13.0. The largest absolute Gasteiger partial charge is 0.310 e. The van der Waals surface area contributed by atoms with E-state index in [0.717, 1.165) is 18.0 Å². The van der Waals surface area contributed by atoms with E-state index >= 15 is 0 Å². The Morgan fingerprint density at radius 1 is 1.33 bits per heavy atom. The SMILES string of the molecule is CC(NCc1ccc(Br)c(F)c1)C1CCCCC1. The summed E-state index contributed by atoms with van der Waals surface area (Å²) in [5.74, 6) is 0.610. The first-order valence-electron chi connectivity index (χ1n) is 6.84. The molecule has 3 heteroatoms. The van der Waals surface area contributed by atoms with E-state index in [2.05, 4.69) is 28.2 Å². The van der Waals surface area contributed by atoms with Gasteiger partial charge in [0.05, 0.1) is 4.47 Å². The van der Waals surface area contributed by atoms with Crippen molar-refractivity contribution in [3.05, 3.63) is 34.1 Å². The van der Waals surface area contributed by atoms with Crippen LogP contribution < -0.4 is 5.32 Å². The fraction of sp³-hybridized carbons (Fsp3) is 0.600. The van der Waals surface area contributed by atoms with E-state index in [9.17, 15) is 4.39 Å². The average Bonchev–Trinajstić information content (AvgIpc) is 2.41. The third-order valence-electron chi connectivity index (χ3n) is 3.97. The molecule has 2 rings (SSSR count). The molecule has 1 aliphatic carbocycles. The predicted octanol–water partition coefficient (Wildman–Crippen LogP) is 4.65. The molecule has 18 heavy (non-hydrogen) atoms. The van der Waals surface area contributed by atoms with Gasteiger partial charge in [-0.15, -0.1) is 0 Å². The highest BCUT2D eigenvalue weighted by Gasteiger charge is 2.19. The molecule has 0 heterocycles. The van der Waals surface area contributed by atoms with Crippen molar-refractivity contribution in [3.8, 4) is 0 Å². The normalized spacial score (nSPS) is 18.8. The molecule has 1 aromatic carbocycles. The second-order valence-electron chi connectivity index (χ2n) is 5.32. The third kappa shape index (κ3) is 3.79. The fourth-order valence-electron chi connectivity index (χ4n) is 2.73. The van der Waals surface area contributed by atoms with Crippen LogP contribution in [0.15, 0.2) is 22.7 Å². The smallest absolute Gasteiger partial charge is 0.137 e. The lowest BCUT2D eigenvalue weighted by Crippen LogP contribution is -2.34. The minimum absolute atomic E-state index is 0.181. The van der Waals surface area contributed by atoms with Gasteiger partial charge >= 0.3 is 0 Å². The van der Waals surface area contributed by atoms with Gasteiger partial charge in [-0.3, -0.25) is 0 Å². The highest BCUT2D eigenvalue weighted by Crippen LogP contribution is 2.26. The molecule has 0 aromatic heterocycles. The zero-order valence-electron chi connectivity index (χ0n) is 10.9. The van der Waals surface area contributed by atoms with E-state index in [1.807, 2.05) is 6.07 Å². The molecular weight excluding hydrogens is 293 g/mol. The van der Waals surface area contributed by atoms with Crippen molar-refractivity contribution in [2.24, 2.45) is 5.92 Å². The molecule has 0 bridgehead atoms. The summed E-state index contributed by atoms with van der Waals surface area (Å²) in [6.07, 6.45) is 6.79. The quantitative estimate of drug-likeness (QED) is 0.853. The molecule has 0 spiro atoms. The van der Waals surface area contributed by atoms with Gasteiger partial charge in [-0.05, 0) is 59.3 Å². The van der Waals surface area contributed by atoms with Gasteiger partial charge in [-0.2, -0.15) is 0 Å². The van der Waals surface area contributed by atoms with E-state index in [0.29, 0.717) is 10.5 Å². The maximum Gasteiger partial charge on any atom is 0.137 e. The Morgan fingerprint density at radius 2 is 2.06 bits per heavy atom. The summed E-state index contributed by atoms with van der Waals surface area (Å²) in [6, 6.07) is 5.87. The summed E-state index contributed by atoms with van der Waals surface area (Å²) in [4.78, 5) is 0. The van der Waals surface area contributed by atoms with E-state index < -0.39 is 0 Å². The number of hydrogen-bond donors (Lipinski definition) is 1. The van der Waals surface area contributed by atoms with E-state index in [1.165, 1.54) is 32.1 Å². The molecule has 1 atom stereocenters. The van der Waals surface area contributed by atoms with Crippen molar-refractivity contribution in [2.45, 2.75) is 51.6 Å². The van der Waals surface area contributed by atoms with Crippen molar-refractivity contribution in [1.82, 2.24) is 5.32 Å². The zero-order valence-corrected chi connectivity index (χ0v) is 12.5. The molecule has 1 unspecified atom stereocenters. The molecule has 1 fully saturated rings. The molecule has 1 nitrogen and oxygen atoms in total. The molecule has 1 N–H and O–H groups in total. The Bertz CT molecular complexity index is 388. The van der Waals surface area contributed by atoms with Crippen LogP contribution in [0.4, 0.5) is 4.39 Å². The topological polar surface area (TPSA) is 12.0 Å². The van der Waals surface area contributed by atoms with Crippen LogP contribution in [0, 0.1) is 11.7 Å². The van der Waals surface area contributed by atoms with Crippen LogP contribution in [-0.2, 0) is 6.54 Å². The van der Waals surface area contributed by atoms with E-state index in [1.54, 1.807) is 12.1 Å². The lowest BCUT2D eigenvalue weighted by atomic mass is 9.84. The Morgan fingerprint density at radius 3 is 2.72 bits per heavy atom. The number of nitrogens with one attached hydrogen (secondary N) is 1. The first kappa shape index (κ1) is 14.0. The van der Waals surface area contributed by atoms with Crippen LogP contribution in [0.2, 0.25) is 0 Å². The van der Waals surface area contributed by atoms with Crippen molar-refractivity contribution < 1.29 is 4.39 Å². The van der Waals surface area contributed by atoms with Gasteiger partial charge in [0, 0.05) is 12.6 Å². The lowest BCUT2D eigenvalue weighted by molar-refractivity contribution is 0.280. The molecule has 0 saturated heterocycles. The second kappa shape index (κ2) is 6.67. The monoisotopic (exact) mass is 313 g/mol. The Kier molecular flexibility index (Phi) is 5.19. The highest BCUT2D eigenvalue weighted by molar-refractivity contribution is 9.10. The summed E-state index contributed by atoms with van der Waals surface area (Å²) in [7, 11) is 0. The number of halogens is 2. The maximum absolute atomic E-state index is 13.4. The maximum atomic E-state index is 13.4. The minimum Gasteiger partial charge on any atom is -0.310 e. The van der Waals surface area contributed by atoms with E-state index in [-0.39, 0.29) is 5.82 Å². The van der Waals surface area contributed by atoms with E-state index in [4.69, 9.17) is 0 Å². The summed E-state index contributed by atoms with van der Waals surface area (Å²) < 4.78 is 13.9. The summed E-state index contributed by atoms with van der Waals surface area (Å²) in [5.41, 5.74) is 1.01. The standard InChI is InChI=1S/C15H21BrFN/c1-11(13-5-3-2-4-6-13)18-10-12-7-8-14(16)15(17)9-12/h7-9,11,13,18H,2-6,10H2,1H3. The summed E-state index contributed by atoms with van der Waals surface area (Å²) >= 11 is 3.18. The fourth-order valence-corrected chi connectivity index (χ4v) is 2.98. The van der Waals surface area contributed by atoms with Gasteiger partial charge in [-0.1, -0.05) is 25.3 Å². The molecular formula is C15H21BrFN. The molecule has 0 radical (unpaired) electrons. The van der Waals surface area contributed by atoms with Crippen LogP contribution in [0.3, 0.4) is 0 Å². The summed E-state index contributed by atoms with van der Waals surface area (Å²) in [5, 5.41) is 3.53. The summed E-state index contributed by atoms with van der Waals surface area (Å²) in [6.45, 7) is 3.01. The minimum atomic E-state index is -0.181. The van der Waals surface area contributed by atoms with Crippen LogP contribution >= 0.6 is 15.9 Å². The van der Waals surface area contributed by atoms with Gasteiger partial charge in [0.2, 0.25) is 0 Å². The predicted molar refractivity (Wildman–Crippen MR) is 77.0 cm³/mol. The molecule has 0 amide bonds. The van der Waals surface area contributed by atoms with Crippen molar-refractivity contribution in [1.29, 1.82) is 0 Å². The first-order chi connectivity index (χ1) is 8.66. The lowest BCUT2D eigenvalue weighted by Gasteiger charge is -2.28. The number of rotatable bonds is 4. The molecule has 1 saturated carbocycles. The van der Waals surface area contributed by atoms with Crippen LogP contribution in [0.5, 0.6) is 0 Å². The van der Waals surface area contributed by atoms with Crippen LogP contribution in [0.25, 0.3) is 0 Å². The third-order valence-corrected chi connectivity index (χ3v) is 4.61. The van der Waals surface area contributed by atoms with Gasteiger partial charge in [-0.25, -0.2) is 4.39 Å². The van der Waals surface area contributed by atoms with Crippen molar-refractivity contribution in [3.63, 3.8) is 0 Å². The van der Waals surface area contributed by atoms with Gasteiger partial charge in [0.25, 0.3) is 0 Å². The highest BCUT2D eigenvalue weighted by atomic mass is 79.9. The molecule has 100 valence electrons. The van der Waals surface area contributed by atoms with Gasteiger partial charge in [0.15, 0.2) is 0 Å². The van der Waals surface area contributed by atoms with Crippen molar-refractivity contribution >= 4 is 15.9 Å². The Hall–Kier alpha value is -0.410. The van der Waals surface area contributed by atoms with Crippen molar-refractivity contribution in [2.75, 3.05) is 0 Å². The molecule has 1 aromatic rings. The Balaban J connectivity index is 1.84. The first-order valence-corrected chi connectivity index (χ1v) is 7.63. The number of benzene rings is 1. The molecule has 1 aliphatic rings. The average molecular weight is 314 g/mol. The van der Waals surface area contributed by atoms with Crippen LogP contribution in [-0.4, -0.2) is 6.04 Å². The van der Waals surface area contributed by atoms with Crippen LogP contribution in [0.1, 0.15) is 44.6 Å². The molecule has 0 aliphatic heterocycles. The van der Waals surface area contributed by atoms with Gasteiger partial charge in [0.1, 0.15) is 5.82 Å².